The summed E-state index contributed by atoms with van der Waals surface area (Å²) in [6, 6.07) is 12.0. The van der Waals surface area contributed by atoms with Gasteiger partial charge in [-0.1, -0.05) is 31.2 Å². The molecule has 0 heterocycles. The van der Waals surface area contributed by atoms with E-state index in [4.69, 9.17) is 9.47 Å². The van der Waals surface area contributed by atoms with Gasteiger partial charge < -0.3 is 14.8 Å². The Morgan fingerprint density at radius 1 is 1.23 bits per heavy atom. The van der Waals surface area contributed by atoms with Gasteiger partial charge in [0.2, 0.25) is 5.75 Å². The van der Waals surface area contributed by atoms with Gasteiger partial charge in [0.1, 0.15) is 5.75 Å². The van der Waals surface area contributed by atoms with Gasteiger partial charge in [-0.3, -0.25) is 14.9 Å². The second kappa shape index (κ2) is 8.84. The highest BCUT2D eigenvalue weighted by molar-refractivity contribution is 5.78. The number of carbonyl (C=O) groups excluding carboxylic acids is 1. The monoisotopic (exact) mass is 358 g/mol. The lowest BCUT2D eigenvalue weighted by molar-refractivity contribution is -0.385. The van der Waals surface area contributed by atoms with Crippen LogP contribution in [-0.4, -0.2) is 24.5 Å². The molecule has 2 rings (SSSR count). The Labute approximate surface area is 152 Å². The molecule has 0 saturated carbocycles. The van der Waals surface area contributed by atoms with Gasteiger partial charge in [0.05, 0.1) is 18.1 Å². The van der Waals surface area contributed by atoms with Crippen LogP contribution in [0.5, 0.6) is 11.5 Å². The first-order valence-electron chi connectivity index (χ1n) is 8.28. The molecule has 7 heteroatoms. The molecule has 26 heavy (non-hydrogen) atoms. The zero-order valence-corrected chi connectivity index (χ0v) is 15.0. The van der Waals surface area contributed by atoms with Crippen molar-refractivity contribution >= 4 is 11.6 Å². The fraction of sp³-hybridized carbons (Fsp3) is 0.316. The second-order valence-electron chi connectivity index (χ2n) is 5.76. The maximum atomic E-state index is 12.1. The van der Waals surface area contributed by atoms with Crippen molar-refractivity contribution in [3.63, 3.8) is 0 Å². The van der Waals surface area contributed by atoms with Crippen LogP contribution in [0.2, 0.25) is 0 Å². The molecule has 0 fully saturated rings. The molecule has 2 aromatic rings. The first-order chi connectivity index (χ1) is 12.4. The molecule has 0 bridgehead atoms. The normalized spacial score (nSPS) is 11.5. The third-order valence-corrected chi connectivity index (χ3v) is 3.98. The first kappa shape index (κ1) is 19.2. The molecule has 0 spiro atoms. The Hall–Kier alpha value is -3.09. The van der Waals surface area contributed by atoms with Gasteiger partial charge >= 0.3 is 5.69 Å². The van der Waals surface area contributed by atoms with Crippen LogP contribution in [-0.2, 0) is 11.2 Å². The van der Waals surface area contributed by atoms with Crippen LogP contribution in [0.3, 0.4) is 0 Å². The Bertz CT molecular complexity index is 774. The molecule has 0 aromatic heterocycles. The number of nitro benzene ring substituents is 1. The van der Waals surface area contributed by atoms with Crippen molar-refractivity contribution in [3.8, 4) is 11.5 Å². The van der Waals surface area contributed by atoms with Crippen LogP contribution in [0.4, 0.5) is 5.69 Å². The number of nitrogens with one attached hydrogen (secondary N) is 1. The number of hydrogen-bond donors (Lipinski definition) is 1. The van der Waals surface area contributed by atoms with E-state index in [9.17, 15) is 14.9 Å². The summed E-state index contributed by atoms with van der Waals surface area (Å²) in [4.78, 5) is 22.4. The Kier molecular flexibility index (Phi) is 6.54. The molecule has 1 atom stereocenters. The number of methoxy groups -OCH3 is 1. The average Bonchev–Trinajstić information content (AvgIpc) is 2.65. The van der Waals surface area contributed by atoms with E-state index >= 15 is 0 Å². The van der Waals surface area contributed by atoms with Crippen molar-refractivity contribution in [1.82, 2.24) is 5.32 Å². The van der Waals surface area contributed by atoms with Crippen molar-refractivity contribution in [2.75, 3.05) is 13.7 Å². The van der Waals surface area contributed by atoms with Crippen molar-refractivity contribution in [2.45, 2.75) is 26.3 Å². The maximum Gasteiger partial charge on any atom is 0.311 e. The molecule has 0 saturated heterocycles. The van der Waals surface area contributed by atoms with Crippen molar-refractivity contribution < 1.29 is 19.2 Å². The van der Waals surface area contributed by atoms with Gasteiger partial charge in [-0.05, 0) is 30.5 Å². The van der Waals surface area contributed by atoms with E-state index in [1.807, 2.05) is 31.2 Å². The Morgan fingerprint density at radius 2 is 1.92 bits per heavy atom. The maximum absolute atomic E-state index is 12.1. The standard InChI is InChI=1S/C19H22N2O5/c1-4-14-5-7-15(8-6-14)13(2)20-19(22)12-26-16-9-10-17(21(23)24)18(11-16)25-3/h5-11,13H,4,12H2,1-3H3,(H,20,22)/t13-/m0/s1. The fourth-order valence-electron chi connectivity index (χ4n) is 2.46. The number of aryl methyl sites for hydroxylation is 1. The predicted molar refractivity (Wildman–Crippen MR) is 97.5 cm³/mol. The number of ether oxygens (including phenoxy) is 2. The highest BCUT2D eigenvalue weighted by Crippen LogP contribution is 2.30. The van der Waals surface area contributed by atoms with E-state index in [0.29, 0.717) is 5.75 Å². The van der Waals surface area contributed by atoms with Crippen molar-refractivity contribution in [2.24, 2.45) is 0 Å². The minimum absolute atomic E-state index is 0.0808. The Balaban J connectivity index is 1.92. The van der Waals surface area contributed by atoms with Crippen LogP contribution in [0.1, 0.15) is 31.0 Å². The van der Waals surface area contributed by atoms with Gasteiger partial charge in [-0.15, -0.1) is 0 Å². The number of nitrogens with zero attached hydrogens (tertiary/aromatic N) is 1. The summed E-state index contributed by atoms with van der Waals surface area (Å²) in [6.45, 7) is 3.79. The third-order valence-electron chi connectivity index (χ3n) is 3.98. The molecule has 0 aliphatic heterocycles. The van der Waals surface area contributed by atoms with E-state index in [1.165, 1.54) is 30.9 Å². The number of carbonyl (C=O) groups is 1. The van der Waals surface area contributed by atoms with Gasteiger partial charge in [0.15, 0.2) is 6.61 Å². The topological polar surface area (TPSA) is 90.7 Å². The lowest BCUT2D eigenvalue weighted by Gasteiger charge is -2.15. The molecule has 138 valence electrons. The molecule has 0 unspecified atom stereocenters. The van der Waals surface area contributed by atoms with E-state index < -0.39 is 4.92 Å². The van der Waals surface area contributed by atoms with Crippen molar-refractivity contribution in [3.05, 3.63) is 63.7 Å². The van der Waals surface area contributed by atoms with Crippen LogP contribution in [0, 0.1) is 10.1 Å². The molecule has 0 aliphatic carbocycles. The van der Waals surface area contributed by atoms with E-state index in [-0.39, 0.29) is 30.0 Å². The van der Waals surface area contributed by atoms with Crippen LogP contribution < -0.4 is 14.8 Å². The number of hydrogen-bond acceptors (Lipinski definition) is 5. The van der Waals surface area contributed by atoms with Gasteiger partial charge in [0.25, 0.3) is 5.91 Å². The summed E-state index contributed by atoms with van der Waals surface area (Å²) in [7, 11) is 1.34. The van der Waals surface area contributed by atoms with Crippen LogP contribution >= 0.6 is 0 Å². The van der Waals surface area contributed by atoms with Crippen LogP contribution in [0.15, 0.2) is 42.5 Å². The summed E-state index contributed by atoms with van der Waals surface area (Å²) in [5, 5.41) is 13.7. The van der Waals surface area contributed by atoms with E-state index in [0.717, 1.165) is 12.0 Å². The fourth-order valence-corrected chi connectivity index (χ4v) is 2.46. The summed E-state index contributed by atoms with van der Waals surface area (Å²) < 4.78 is 10.4. The molecule has 7 nitrogen and oxygen atoms in total. The number of nitro groups is 1. The summed E-state index contributed by atoms with van der Waals surface area (Å²) >= 11 is 0. The van der Waals surface area contributed by atoms with Gasteiger partial charge in [-0.2, -0.15) is 0 Å². The van der Waals surface area contributed by atoms with Crippen molar-refractivity contribution in [1.29, 1.82) is 0 Å². The molecule has 0 aliphatic rings. The summed E-state index contributed by atoms with van der Waals surface area (Å²) in [6.07, 6.45) is 0.966. The van der Waals surface area contributed by atoms with Crippen LogP contribution in [0.25, 0.3) is 0 Å². The minimum atomic E-state index is -0.541. The number of benzene rings is 2. The number of amides is 1. The summed E-state index contributed by atoms with van der Waals surface area (Å²) in [5.74, 6) is 0.120. The average molecular weight is 358 g/mol. The largest absolute Gasteiger partial charge is 0.490 e. The molecule has 1 amide bonds. The quantitative estimate of drug-likeness (QED) is 0.577. The molecule has 1 N–H and O–H groups in total. The highest BCUT2D eigenvalue weighted by Gasteiger charge is 2.16. The smallest absolute Gasteiger partial charge is 0.311 e. The molecule has 2 aromatic carbocycles. The lowest BCUT2D eigenvalue weighted by Crippen LogP contribution is -2.31. The van der Waals surface area contributed by atoms with E-state index in [1.54, 1.807) is 0 Å². The van der Waals surface area contributed by atoms with E-state index in [2.05, 4.69) is 12.2 Å². The predicted octanol–water partition coefficient (Wildman–Crippen LogP) is 3.42. The first-order valence-corrected chi connectivity index (χ1v) is 8.28. The van der Waals surface area contributed by atoms with Gasteiger partial charge in [0, 0.05) is 12.1 Å². The van der Waals surface area contributed by atoms with Gasteiger partial charge in [-0.25, -0.2) is 0 Å². The zero-order chi connectivity index (χ0) is 19.1. The highest BCUT2D eigenvalue weighted by atomic mass is 16.6. The minimum Gasteiger partial charge on any atom is -0.490 e. The lowest BCUT2D eigenvalue weighted by atomic mass is 10.1. The summed E-state index contributed by atoms with van der Waals surface area (Å²) in [5.41, 5.74) is 2.09. The third kappa shape index (κ3) is 4.95. The zero-order valence-electron chi connectivity index (χ0n) is 15.0. The molecule has 0 radical (unpaired) electrons. The second-order valence-corrected chi connectivity index (χ2v) is 5.76. The molecular weight excluding hydrogens is 336 g/mol. The SMILES string of the molecule is CCc1ccc([C@H](C)NC(=O)COc2ccc([N+](=O)[O-])c(OC)c2)cc1. The Morgan fingerprint density at radius 3 is 2.50 bits per heavy atom. The molecular formula is C19H22N2O5. The number of rotatable bonds is 8.